The van der Waals surface area contributed by atoms with E-state index in [0.29, 0.717) is 11.1 Å². The second kappa shape index (κ2) is 7.51. The Morgan fingerprint density at radius 2 is 1.73 bits per heavy atom. The van der Waals surface area contributed by atoms with E-state index in [0.717, 1.165) is 0 Å². The molecule has 0 bridgehead atoms. The molecule has 22 heavy (non-hydrogen) atoms. The van der Waals surface area contributed by atoms with Crippen LogP contribution in [0.25, 0.3) is 0 Å². The van der Waals surface area contributed by atoms with Gasteiger partial charge in [-0.1, -0.05) is 12.6 Å². The Kier molecular flexibility index (Phi) is 6.00. The molecule has 0 aliphatic carbocycles. The Balaban J connectivity index is 3.37. The Morgan fingerprint density at radius 3 is 2.18 bits per heavy atom. The smallest absolute Gasteiger partial charge is 0.336 e. The lowest BCUT2D eigenvalue weighted by atomic mass is 9.90. The summed E-state index contributed by atoms with van der Waals surface area (Å²) < 4.78 is 0. The number of benzene rings is 1. The highest BCUT2D eigenvalue weighted by Crippen LogP contribution is 2.23. The van der Waals surface area contributed by atoms with Gasteiger partial charge in [-0.05, 0) is 42.5 Å². The van der Waals surface area contributed by atoms with Crippen molar-refractivity contribution in [3.05, 3.63) is 46.5 Å². The van der Waals surface area contributed by atoms with E-state index in [2.05, 4.69) is 6.58 Å². The maximum absolute atomic E-state index is 11.7. The topological polar surface area (TPSA) is 112 Å². The van der Waals surface area contributed by atoms with Crippen LogP contribution in [0, 0.1) is 0 Å². The van der Waals surface area contributed by atoms with Gasteiger partial charge < -0.3 is 15.3 Å². The summed E-state index contributed by atoms with van der Waals surface area (Å²) in [7, 11) is 0. The van der Waals surface area contributed by atoms with E-state index in [1.807, 2.05) is 0 Å². The third-order valence-corrected chi connectivity index (χ3v) is 3.31. The molecule has 6 nitrogen and oxygen atoms in total. The van der Waals surface area contributed by atoms with Gasteiger partial charge in [0.15, 0.2) is 5.78 Å². The van der Waals surface area contributed by atoms with Crippen LogP contribution >= 0.6 is 0 Å². The van der Waals surface area contributed by atoms with E-state index >= 15 is 0 Å². The summed E-state index contributed by atoms with van der Waals surface area (Å²) in [6.45, 7) is 4.89. The number of carboxylic acids is 2. The molecule has 0 spiro atoms. The molecular weight excluding hydrogens is 288 g/mol. The van der Waals surface area contributed by atoms with Gasteiger partial charge in [-0.2, -0.15) is 0 Å². The lowest BCUT2D eigenvalue weighted by Gasteiger charge is -2.14. The van der Waals surface area contributed by atoms with Crippen LogP contribution in [-0.4, -0.2) is 39.6 Å². The normalized spacial score (nSPS) is 10.3. The van der Waals surface area contributed by atoms with Crippen molar-refractivity contribution in [3.63, 3.8) is 0 Å². The molecule has 0 fully saturated rings. The quantitative estimate of drug-likeness (QED) is 0.630. The zero-order valence-corrected chi connectivity index (χ0v) is 12.3. The zero-order chi connectivity index (χ0) is 16.9. The third kappa shape index (κ3) is 4.02. The number of hydrogen-bond donors (Lipinski definition) is 3. The van der Waals surface area contributed by atoms with E-state index < -0.39 is 11.9 Å². The molecule has 0 aliphatic heterocycles. The van der Waals surface area contributed by atoms with Gasteiger partial charge in [-0.25, -0.2) is 9.59 Å². The largest absolute Gasteiger partial charge is 0.478 e. The number of aromatic carboxylic acids is 2. The second-order valence-electron chi connectivity index (χ2n) is 4.91. The van der Waals surface area contributed by atoms with Crippen LogP contribution in [0.2, 0.25) is 0 Å². The zero-order valence-electron chi connectivity index (χ0n) is 12.3. The summed E-state index contributed by atoms with van der Waals surface area (Å²) in [5.41, 5.74) is 0.505. The minimum absolute atomic E-state index is 0.0388. The van der Waals surface area contributed by atoms with Crippen molar-refractivity contribution in [3.8, 4) is 0 Å². The van der Waals surface area contributed by atoms with Gasteiger partial charge in [0.25, 0.3) is 0 Å². The number of aliphatic hydroxyl groups excluding tert-OH is 1. The highest BCUT2D eigenvalue weighted by Gasteiger charge is 2.23. The highest BCUT2D eigenvalue weighted by molar-refractivity contribution is 6.03. The fourth-order valence-electron chi connectivity index (χ4n) is 2.21. The van der Waals surface area contributed by atoms with Crippen LogP contribution < -0.4 is 0 Å². The van der Waals surface area contributed by atoms with Crippen molar-refractivity contribution in [2.45, 2.75) is 26.2 Å². The number of hydrogen-bond acceptors (Lipinski definition) is 4. The molecule has 0 aliphatic rings. The summed E-state index contributed by atoms with van der Waals surface area (Å²) >= 11 is 0. The first kappa shape index (κ1) is 17.6. The van der Waals surface area contributed by atoms with Crippen molar-refractivity contribution in [2.75, 3.05) is 6.61 Å². The van der Waals surface area contributed by atoms with Gasteiger partial charge >= 0.3 is 11.9 Å². The van der Waals surface area contributed by atoms with Gasteiger partial charge in [0.2, 0.25) is 0 Å². The third-order valence-electron chi connectivity index (χ3n) is 3.31. The van der Waals surface area contributed by atoms with E-state index in [1.54, 1.807) is 6.92 Å². The fraction of sp³-hybridized carbons (Fsp3) is 0.312. The molecule has 118 valence electrons. The van der Waals surface area contributed by atoms with E-state index in [-0.39, 0.29) is 48.3 Å². The molecule has 0 atom stereocenters. The SMILES string of the molecule is C=C(C)C(=O)CCc1c(CCO)ccc(C(=O)O)c1C(=O)O. The highest BCUT2D eigenvalue weighted by atomic mass is 16.4. The Labute approximate surface area is 127 Å². The molecule has 3 N–H and O–H groups in total. The van der Waals surface area contributed by atoms with E-state index in [9.17, 15) is 19.5 Å². The summed E-state index contributed by atoms with van der Waals surface area (Å²) in [6.07, 6.45) is 0.317. The molecule has 6 heteroatoms. The molecule has 0 saturated heterocycles. The monoisotopic (exact) mass is 306 g/mol. The number of Topliss-reactive ketones (excluding diaryl/α,β-unsaturated/α-hetero) is 1. The summed E-state index contributed by atoms with van der Waals surface area (Å²) in [6, 6.07) is 2.69. The average Bonchev–Trinajstić information content (AvgIpc) is 2.44. The summed E-state index contributed by atoms with van der Waals surface area (Å²) in [5.74, 6) is -2.93. The molecule has 1 aromatic rings. The van der Waals surface area contributed by atoms with Crippen molar-refractivity contribution < 1.29 is 29.7 Å². The van der Waals surface area contributed by atoms with Crippen molar-refractivity contribution in [1.82, 2.24) is 0 Å². The molecule has 0 amide bonds. The first-order valence-corrected chi connectivity index (χ1v) is 6.70. The van der Waals surface area contributed by atoms with Crippen LogP contribution in [0.5, 0.6) is 0 Å². The standard InChI is InChI=1S/C16H18O6/c1-9(2)13(18)6-5-11-10(7-8-17)3-4-12(15(19)20)14(11)16(21)22/h3-4,17H,1,5-8H2,2H3,(H,19,20)(H,21,22). The molecule has 1 aromatic carbocycles. The average molecular weight is 306 g/mol. The second-order valence-corrected chi connectivity index (χ2v) is 4.91. The Hall–Kier alpha value is -2.47. The van der Waals surface area contributed by atoms with Crippen LogP contribution in [0.4, 0.5) is 0 Å². The van der Waals surface area contributed by atoms with Crippen molar-refractivity contribution in [2.24, 2.45) is 0 Å². The summed E-state index contributed by atoms with van der Waals surface area (Å²) in [5, 5.41) is 27.5. The molecule has 0 aromatic heterocycles. The number of carboxylic acid groups (broad SMARTS) is 2. The number of allylic oxidation sites excluding steroid dienone is 1. The van der Waals surface area contributed by atoms with E-state index in [4.69, 9.17) is 10.2 Å². The predicted octanol–water partition coefficient (Wildman–Crippen LogP) is 1.70. The number of carbonyl (C=O) groups is 3. The first-order valence-electron chi connectivity index (χ1n) is 6.70. The van der Waals surface area contributed by atoms with Gasteiger partial charge in [-0.15, -0.1) is 0 Å². The molecular formula is C16H18O6. The van der Waals surface area contributed by atoms with Crippen molar-refractivity contribution in [1.29, 1.82) is 0 Å². The number of rotatable bonds is 8. The Morgan fingerprint density at radius 1 is 1.09 bits per heavy atom. The number of aliphatic hydroxyl groups is 1. The van der Waals surface area contributed by atoms with Crippen LogP contribution in [0.15, 0.2) is 24.3 Å². The van der Waals surface area contributed by atoms with E-state index in [1.165, 1.54) is 12.1 Å². The van der Waals surface area contributed by atoms with Crippen LogP contribution in [-0.2, 0) is 17.6 Å². The maximum atomic E-state index is 11.7. The Bertz CT molecular complexity index is 630. The van der Waals surface area contributed by atoms with Crippen molar-refractivity contribution >= 4 is 17.7 Å². The van der Waals surface area contributed by atoms with Crippen LogP contribution in [0.1, 0.15) is 45.2 Å². The minimum Gasteiger partial charge on any atom is -0.478 e. The maximum Gasteiger partial charge on any atom is 0.336 e. The molecule has 0 radical (unpaired) electrons. The number of ketones is 1. The lowest BCUT2D eigenvalue weighted by molar-refractivity contribution is -0.115. The minimum atomic E-state index is -1.37. The first-order chi connectivity index (χ1) is 10.3. The molecule has 0 heterocycles. The summed E-state index contributed by atoms with van der Waals surface area (Å²) in [4.78, 5) is 34.3. The van der Waals surface area contributed by atoms with Crippen LogP contribution in [0.3, 0.4) is 0 Å². The lowest BCUT2D eigenvalue weighted by Crippen LogP contribution is -2.15. The molecule has 1 rings (SSSR count). The van der Waals surface area contributed by atoms with Gasteiger partial charge in [-0.3, -0.25) is 4.79 Å². The number of carbonyl (C=O) groups excluding carboxylic acids is 1. The molecule has 0 saturated carbocycles. The van der Waals surface area contributed by atoms with Gasteiger partial charge in [0.05, 0.1) is 11.1 Å². The van der Waals surface area contributed by atoms with Gasteiger partial charge in [0.1, 0.15) is 0 Å². The molecule has 0 unspecified atom stereocenters. The fourth-order valence-corrected chi connectivity index (χ4v) is 2.21. The van der Waals surface area contributed by atoms with Gasteiger partial charge in [0, 0.05) is 13.0 Å². The predicted molar refractivity (Wildman–Crippen MR) is 79.3 cm³/mol.